The normalized spacial score (nSPS) is 25.3. The maximum atomic E-state index is 5.92. The molecule has 1 aliphatic rings. The van der Waals surface area contributed by atoms with Gasteiger partial charge in [-0.05, 0) is 44.0 Å². The van der Waals surface area contributed by atoms with Gasteiger partial charge in [0.1, 0.15) is 0 Å². The minimum absolute atomic E-state index is 0.362. The van der Waals surface area contributed by atoms with Crippen LogP contribution < -0.4 is 5.32 Å². The van der Waals surface area contributed by atoms with E-state index in [1.165, 1.54) is 5.56 Å². The summed E-state index contributed by atoms with van der Waals surface area (Å²) in [5, 5.41) is 4.41. The zero-order chi connectivity index (χ0) is 13.0. The van der Waals surface area contributed by atoms with Crippen molar-refractivity contribution in [2.45, 2.75) is 38.8 Å². The third-order valence-electron chi connectivity index (χ3n) is 3.79. The van der Waals surface area contributed by atoms with Crippen molar-refractivity contribution in [3.8, 4) is 0 Å². The molecule has 3 unspecified atom stereocenters. The predicted octanol–water partition coefficient (Wildman–Crippen LogP) is 3.29. The summed E-state index contributed by atoms with van der Waals surface area (Å²) in [6.07, 6.45) is 2.57. The zero-order valence-corrected chi connectivity index (χ0v) is 11.9. The molecule has 0 aromatic heterocycles. The topological polar surface area (TPSA) is 21.3 Å². The average Bonchev–Trinajstić information content (AvgIpc) is 2.78. The van der Waals surface area contributed by atoms with Crippen LogP contribution in [0.1, 0.15) is 25.8 Å². The van der Waals surface area contributed by atoms with Crippen LogP contribution in [0.5, 0.6) is 0 Å². The van der Waals surface area contributed by atoms with Gasteiger partial charge < -0.3 is 10.1 Å². The van der Waals surface area contributed by atoms with Crippen LogP contribution in [-0.4, -0.2) is 25.3 Å². The fourth-order valence-corrected chi connectivity index (χ4v) is 2.91. The summed E-state index contributed by atoms with van der Waals surface area (Å²) in [5.41, 5.74) is 1.34. The van der Waals surface area contributed by atoms with Crippen LogP contribution in [0.4, 0.5) is 0 Å². The van der Waals surface area contributed by atoms with E-state index >= 15 is 0 Å². The summed E-state index contributed by atoms with van der Waals surface area (Å²) in [5.74, 6) is 0.612. The standard InChI is InChI=1S/C15H22ClNO/c1-3-17-15(14-8-9-18-11(14)2)10-12-4-6-13(16)7-5-12/h4-7,11,14-15,17H,3,8-10H2,1-2H3. The highest BCUT2D eigenvalue weighted by atomic mass is 35.5. The maximum absolute atomic E-state index is 5.92. The first-order valence-electron chi connectivity index (χ1n) is 6.80. The van der Waals surface area contributed by atoms with E-state index in [0.29, 0.717) is 18.1 Å². The smallest absolute Gasteiger partial charge is 0.0590 e. The summed E-state index contributed by atoms with van der Waals surface area (Å²) < 4.78 is 5.69. The van der Waals surface area contributed by atoms with Crippen LogP contribution in [0, 0.1) is 5.92 Å². The molecule has 18 heavy (non-hydrogen) atoms. The first kappa shape index (κ1) is 13.9. The molecule has 0 aliphatic carbocycles. The molecule has 1 aliphatic heterocycles. The number of hydrogen-bond acceptors (Lipinski definition) is 2. The van der Waals surface area contributed by atoms with Gasteiger partial charge in [-0.15, -0.1) is 0 Å². The Balaban J connectivity index is 2.03. The van der Waals surface area contributed by atoms with E-state index in [1.807, 2.05) is 12.1 Å². The van der Waals surface area contributed by atoms with E-state index in [0.717, 1.165) is 31.0 Å². The number of likely N-dealkylation sites (N-methyl/N-ethyl adjacent to an activating group) is 1. The Kier molecular flexibility index (Phi) is 5.04. The van der Waals surface area contributed by atoms with Crippen LogP contribution >= 0.6 is 11.6 Å². The fourth-order valence-electron chi connectivity index (χ4n) is 2.79. The highest BCUT2D eigenvalue weighted by molar-refractivity contribution is 6.30. The van der Waals surface area contributed by atoms with Crippen LogP contribution in [0.25, 0.3) is 0 Å². The van der Waals surface area contributed by atoms with E-state index < -0.39 is 0 Å². The van der Waals surface area contributed by atoms with E-state index in [2.05, 4.69) is 31.3 Å². The molecular formula is C15H22ClNO. The largest absolute Gasteiger partial charge is 0.378 e. The van der Waals surface area contributed by atoms with Gasteiger partial charge in [-0.2, -0.15) is 0 Å². The Labute approximate surface area is 115 Å². The molecule has 1 N–H and O–H groups in total. The van der Waals surface area contributed by atoms with Crippen molar-refractivity contribution in [2.75, 3.05) is 13.2 Å². The lowest BCUT2D eigenvalue weighted by Crippen LogP contribution is -2.40. The van der Waals surface area contributed by atoms with Crippen LogP contribution in [0.15, 0.2) is 24.3 Å². The summed E-state index contributed by atoms with van der Waals surface area (Å²) in [4.78, 5) is 0. The predicted molar refractivity (Wildman–Crippen MR) is 76.1 cm³/mol. The second-order valence-corrected chi connectivity index (χ2v) is 5.46. The fraction of sp³-hybridized carbons (Fsp3) is 0.600. The summed E-state index contributed by atoms with van der Waals surface area (Å²) in [6.45, 7) is 6.25. The first-order chi connectivity index (χ1) is 8.70. The lowest BCUT2D eigenvalue weighted by Gasteiger charge is -2.26. The first-order valence-corrected chi connectivity index (χ1v) is 7.18. The second kappa shape index (κ2) is 6.55. The quantitative estimate of drug-likeness (QED) is 0.884. The van der Waals surface area contributed by atoms with Gasteiger partial charge in [-0.3, -0.25) is 0 Å². The van der Waals surface area contributed by atoms with Gasteiger partial charge in [-0.25, -0.2) is 0 Å². The number of benzene rings is 1. The van der Waals surface area contributed by atoms with Gasteiger partial charge in [0.15, 0.2) is 0 Å². The molecule has 3 heteroatoms. The number of nitrogens with one attached hydrogen (secondary N) is 1. The van der Waals surface area contributed by atoms with Crippen molar-refractivity contribution in [1.29, 1.82) is 0 Å². The molecule has 1 aromatic rings. The molecule has 2 nitrogen and oxygen atoms in total. The third kappa shape index (κ3) is 3.47. The molecular weight excluding hydrogens is 246 g/mol. The average molecular weight is 268 g/mol. The Morgan fingerprint density at radius 3 is 2.67 bits per heavy atom. The number of ether oxygens (including phenoxy) is 1. The molecule has 1 aromatic carbocycles. The molecule has 0 bridgehead atoms. The molecule has 2 rings (SSSR count). The molecule has 100 valence electrons. The maximum Gasteiger partial charge on any atom is 0.0590 e. The van der Waals surface area contributed by atoms with Gasteiger partial charge in [0, 0.05) is 23.6 Å². The summed E-state index contributed by atoms with van der Waals surface area (Å²) in [6, 6.07) is 8.66. The van der Waals surface area contributed by atoms with E-state index in [9.17, 15) is 0 Å². The number of rotatable bonds is 5. The number of hydrogen-bond donors (Lipinski definition) is 1. The van der Waals surface area contributed by atoms with E-state index in [1.54, 1.807) is 0 Å². The zero-order valence-electron chi connectivity index (χ0n) is 11.2. The van der Waals surface area contributed by atoms with Crippen molar-refractivity contribution in [3.63, 3.8) is 0 Å². The minimum atomic E-state index is 0.362. The molecule has 3 atom stereocenters. The summed E-state index contributed by atoms with van der Waals surface area (Å²) >= 11 is 5.92. The van der Waals surface area contributed by atoms with Gasteiger partial charge in [0.05, 0.1) is 6.10 Å². The van der Waals surface area contributed by atoms with Gasteiger partial charge >= 0.3 is 0 Å². The van der Waals surface area contributed by atoms with Crippen LogP contribution in [0.2, 0.25) is 5.02 Å². The monoisotopic (exact) mass is 267 g/mol. The minimum Gasteiger partial charge on any atom is -0.378 e. The number of halogens is 1. The van der Waals surface area contributed by atoms with Gasteiger partial charge in [-0.1, -0.05) is 30.7 Å². The molecule has 1 heterocycles. The van der Waals surface area contributed by atoms with Crippen molar-refractivity contribution < 1.29 is 4.74 Å². The third-order valence-corrected chi connectivity index (χ3v) is 4.04. The van der Waals surface area contributed by atoms with Crippen LogP contribution in [-0.2, 0) is 11.2 Å². The van der Waals surface area contributed by atoms with Crippen molar-refractivity contribution >= 4 is 11.6 Å². The van der Waals surface area contributed by atoms with E-state index in [-0.39, 0.29) is 0 Å². The molecule has 0 amide bonds. The van der Waals surface area contributed by atoms with Crippen LogP contribution in [0.3, 0.4) is 0 Å². The van der Waals surface area contributed by atoms with Gasteiger partial charge in [0.2, 0.25) is 0 Å². The Morgan fingerprint density at radius 2 is 2.11 bits per heavy atom. The molecule has 1 saturated heterocycles. The SMILES string of the molecule is CCNC(Cc1ccc(Cl)cc1)C1CCOC1C. The molecule has 0 saturated carbocycles. The Bertz CT molecular complexity index is 365. The van der Waals surface area contributed by atoms with Gasteiger partial charge in [0.25, 0.3) is 0 Å². The van der Waals surface area contributed by atoms with E-state index in [4.69, 9.17) is 16.3 Å². The molecule has 0 spiro atoms. The Hall–Kier alpha value is -0.570. The lowest BCUT2D eigenvalue weighted by atomic mass is 9.89. The molecule has 1 fully saturated rings. The molecule has 0 radical (unpaired) electrons. The highest BCUT2D eigenvalue weighted by Gasteiger charge is 2.31. The van der Waals surface area contributed by atoms with Crippen molar-refractivity contribution in [1.82, 2.24) is 5.32 Å². The van der Waals surface area contributed by atoms with Crippen molar-refractivity contribution in [2.24, 2.45) is 5.92 Å². The second-order valence-electron chi connectivity index (χ2n) is 5.02. The van der Waals surface area contributed by atoms with Crippen molar-refractivity contribution in [3.05, 3.63) is 34.9 Å². The highest BCUT2D eigenvalue weighted by Crippen LogP contribution is 2.26. The summed E-state index contributed by atoms with van der Waals surface area (Å²) in [7, 11) is 0. The Morgan fingerprint density at radius 1 is 1.39 bits per heavy atom. The lowest BCUT2D eigenvalue weighted by molar-refractivity contribution is 0.0956.